The fraction of sp³-hybridized carbons (Fsp3) is 0.429. The Labute approximate surface area is 162 Å². The van der Waals surface area contributed by atoms with Crippen molar-refractivity contribution in [3.63, 3.8) is 0 Å². The predicted octanol–water partition coefficient (Wildman–Crippen LogP) is 2.28. The smallest absolute Gasteiger partial charge is 0.231 e. The Morgan fingerprint density at radius 3 is 2.46 bits per heavy atom. The van der Waals surface area contributed by atoms with Crippen molar-refractivity contribution in [2.45, 2.75) is 18.6 Å². The molecule has 2 aliphatic heterocycles. The number of benzene rings is 2. The lowest BCUT2D eigenvalue weighted by molar-refractivity contribution is -0.0852. The van der Waals surface area contributed by atoms with Gasteiger partial charge in [-0.3, -0.25) is 0 Å². The van der Waals surface area contributed by atoms with E-state index in [0.29, 0.717) is 23.8 Å². The molecule has 0 radical (unpaired) electrons. The number of ether oxygens (including phenoxy) is 5. The quantitative estimate of drug-likeness (QED) is 0.783. The summed E-state index contributed by atoms with van der Waals surface area (Å²) in [5, 5.41) is 10.6. The van der Waals surface area contributed by atoms with Gasteiger partial charge in [-0.15, -0.1) is 0 Å². The van der Waals surface area contributed by atoms with Crippen LogP contribution < -0.4 is 24.7 Å². The van der Waals surface area contributed by atoms with Gasteiger partial charge < -0.3 is 34.5 Å². The van der Waals surface area contributed by atoms with Gasteiger partial charge in [0.1, 0.15) is 0 Å². The molecule has 0 amide bonds. The third-order valence-electron chi connectivity index (χ3n) is 6.12. The molecule has 2 heterocycles. The van der Waals surface area contributed by atoms with Gasteiger partial charge in [0, 0.05) is 23.6 Å². The number of nitrogen functional groups attached to an aromatic ring is 1. The van der Waals surface area contributed by atoms with E-state index < -0.39 is 6.29 Å². The van der Waals surface area contributed by atoms with Gasteiger partial charge in [-0.05, 0) is 47.2 Å². The first-order chi connectivity index (χ1) is 13.6. The first kappa shape index (κ1) is 17.5. The molecule has 28 heavy (non-hydrogen) atoms. The summed E-state index contributed by atoms with van der Waals surface area (Å²) in [6.07, 6.45) is -0.0294. The van der Waals surface area contributed by atoms with E-state index in [-0.39, 0.29) is 24.5 Å². The Bertz CT molecular complexity index is 930. The molecular weight excluding hydrogens is 362 g/mol. The maximum atomic E-state index is 10.6. The highest BCUT2D eigenvalue weighted by Crippen LogP contribution is 2.53. The van der Waals surface area contributed by atoms with Gasteiger partial charge in [-0.2, -0.15) is 0 Å². The summed E-state index contributed by atoms with van der Waals surface area (Å²) in [4.78, 5) is 0. The van der Waals surface area contributed by atoms with Crippen LogP contribution in [0.15, 0.2) is 24.3 Å². The molecule has 0 spiro atoms. The Morgan fingerprint density at radius 2 is 1.71 bits per heavy atom. The first-order valence-electron chi connectivity index (χ1n) is 9.34. The highest BCUT2D eigenvalue weighted by atomic mass is 16.7. The zero-order chi connectivity index (χ0) is 19.4. The molecule has 2 aromatic rings. The second kappa shape index (κ2) is 6.46. The Morgan fingerprint density at radius 1 is 1.00 bits per heavy atom. The number of methoxy groups -OCH3 is 2. The highest BCUT2D eigenvalue weighted by Gasteiger charge is 2.47. The van der Waals surface area contributed by atoms with Crippen LogP contribution in [0.3, 0.4) is 0 Å². The summed E-state index contributed by atoms with van der Waals surface area (Å²) < 4.78 is 27.7. The van der Waals surface area contributed by atoms with E-state index in [9.17, 15) is 5.11 Å². The molecule has 3 aliphatic rings. The monoisotopic (exact) mass is 385 g/mol. The fourth-order valence-corrected chi connectivity index (χ4v) is 4.82. The second-order valence-electron chi connectivity index (χ2n) is 7.48. The number of rotatable bonds is 3. The van der Waals surface area contributed by atoms with Crippen molar-refractivity contribution in [2.24, 2.45) is 11.8 Å². The summed E-state index contributed by atoms with van der Waals surface area (Å²) >= 11 is 0. The van der Waals surface area contributed by atoms with Crippen LogP contribution in [0.2, 0.25) is 0 Å². The molecule has 2 aromatic carbocycles. The van der Waals surface area contributed by atoms with Crippen LogP contribution in [-0.2, 0) is 11.2 Å². The molecule has 1 aliphatic carbocycles. The van der Waals surface area contributed by atoms with Crippen LogP contribution in [0.25, 0.3) is 0 Å². The van der Waals surface area contributed by atoms with Crippen molar-refractivity contribution in [1.29, 1.82) is 0 Å². The summed E-state index contributed by atoms with van der Waals surface area (Å²) in [5.41, 5.74) is 10.2. The topological polar surface area (TPSA) is 92.4 Å². The molecule has 148 valence electrons. The van der Waals surface area contributed by atoms with Gasteiger partial charge in [-0.1, -0.05) is 0 Å². The van der Waals surface area contributed by atoms with Gasteiger partial charge >= 0.3 is 0 Å². The third-order valence-corrected chi connectivity index (χ3v) is 6.12. The summed E-state index contributed by atoms with van der Waals surface area (Å²) in [6, 6.07) is 7.73. The van der Waals surface area contributed by atoms with Crippen molar-refractivity contribution in [2.75, 3.05) is 33.4 Å². The van der Waals surface area contributed by atoms with Crippen molar-refractivity contribution >= 4 is 5.69 Å². The summed E-state index contributed by atoms with van der Waals surface area (Å²) in [6.45, 7) is 0.739. The molecule has 4 atom stereocenters. The van der Waals surface area contributed by atoms with Crippen molar-refractivity contribution < 1.29 is 28.8 Å². The Balaban J connectivity index is 1.71. The predicted molar refractivity (Wildman–Crippen MR) is 101 cm³/mol. The molecule has 0 saturated carbocycles. The number of nitrogens with two attached hydrogens (primary N) is 1. The van der Waals surface area contributed by atoms with Gasteiger partial charge in [0.25, 0.3) is 0 Å². The van der Waals surface area contributed by atoms with Crippen LogP contribution in [0, 0.1) is 11.8 Å². The molecule has 1 saturated heterocycles. The molecule has 3 N–H and O–H groups in total. The molecule has 0 aromatic heterocycles. The van der Waals surface area contributed by atoms with Gasteiger partial charge in [-0.25, -0.2) is 0 Å². The molecule has 4 unspecified atom stereocenters. The average molecular weight is 385 g/mol. The molecule has 1 fully saturated rings. The minimum absolute atomic E-state index is 0.103. The largest absolute Gasteiger partial charge is 0.493 e. The Kier molecular flexibility index (Phi) is 4.03. The normalized spacial score (nSPS) is 27.2. The summed E-state index contributed by atoms with van der Waals surface area (Å²) in [7, 11) is 3.18. The number of fused-ring (bicyclic) bond motifs is 3. The van der Waals surface area contributed by atoms with Crippen LogP contribution in [-0.4, -0.2) is 39.0 Å². The van der Waals surface area contributed by atoms with Crippen molar-refractivity contribution in [3.8, 4) is 23.0 Å². The summed E-state index contributed by atoms with van der Waals surface area (Å²) in [5.74, 6) is 2.59. The van der Waals surface area contributed by atoms with E-state index in [2.05, 4.69) is 0 Å². The van der Waals surface area contributed by atoms with Gasteiger partial charge in [0.15, 0.2) is 29.3 Å². The lowest BCUT2D eigenvalue weighted by Gasteiger charge is -2.37. The van der Waals surface area contributed by atoms with Crippen molar-refractivity contribution in [1.82, 2.24) is 0 Å². The number of hydrogen-bond donors (Lipinski definition) is 2. The van der Waals surface area contributed by atoms with E-state index in [1.807, 2.05) is 18.2 Å². The zero-order valence-corrected chi connectivity index (χ0v) is 15.8. The second-order valence-corrected chi connectivity index (χ2v) is 7.48. The van der Waals surface area contributed by atoms with Gasteiger partial charge in [0.05, 0.1) is 20.8 Å². The molecule has 5 rings (SSSR count). The lowest BCUT2D eigenvalue weighted by Crippen LogP contribution is -2.34. The van der Waals surface area contributed by atoms with Crippen LogP contribution in [0.1, 0.15) is 22.6 Å². The first-order valence-corrected chi connectivity index (χ1v) is 9.34. The maximum Gasteiger partial charge on any atom is 0.231 e. The number of aliphatic hydroxyl groups excluding tert-OH is 1. The molecule has 0 bridgehead atoms. The minimum atomic E-state index is -0.846. The van der Waals surface area contributed by atoms with E-state index in [4.69, 9.17) is 29.4 Å². The lowest BCUT2D eigenvalue weighted by atomic mass is 9.67. The van der Waals surface area contributed by atoms with Crippen molar-refractivity contribution in [3.05, 3.63) is 41.0 Å². The van der Waals surface area contributed by atoms with E-state index in [0.717, 1.165) is 29.0 Å². The SMILES string of the molecule is COc1cc(N)c(C2c3cc4c(cc3CC3COC(O)C32)OCO4)cc1OC. The minimum Gasteiger partial charge on any atom is -0.493 e. The van der Waals surface area contributed by atoms with E-state index >= 15 is 0 Å². The Hall–Kier alpha value is -2.64. The number of aliphatic hydroxyl groups is 1. The highest BCUT2D eigenvalue weighted by molar-refractivity contribution is 5.63. The van der Waals surface area contributed by atoms with Crippen LogP contribution >= 0.6 is 0 Å². The van der Waals surface area contributed by atoms with Gasteiger partial charge in [0.2, 0.25) is 6.79 Å². The average Bonchev–Trinajstić information content (AvgIpc) is 3.31. The van der Waals surface area contributed by atoms with Crippen LogP contribution in [0.4, 0.5) is 5.69 Å². The molecular formula is C21H23NO6. The maximum absolute atomic E-state index is 10.6. The number of anilines is 1. The third kappa shape index (κ3) is 2.50. The van der Waals surface area contributed by atoms with E-state index in [1.165, 1.54) is 5.56 Å². The van der Waals surface area contributed by atoms with Crippen LogP contribution in [0.5, 0.6) is 23.0 Å². The standard InChI is InChI=1S/C21H23NO6/c1-24-15-6-13(14(22)7-16(15)25-2)20-12-5-18-17(27-9-28-18)4-10(12)3-11-8-26-21(23)19(11)20/h4-7,11,19-21,23H,3,8-9,22H2,1-2H3. The molecule has 7 nitrogen and oxygen atoms in total. The molecule has 7 heteroatoms. The fourth-order valence-electron chi connectivity index (χ4n) is 4.82. The van der Waals surface area contributed by atoms with E-state index in [1.54, 1.807) is 20.3 Å². The zero-order valence-electron chi connectivity index (χ0n) is 15.8. The number of hydrogen-bond acceptors (Lipinski definition) is 7.